The molecule has 0 fully saturated rings. The van der Waals surface area contributed by atoms with Gasteiger partial charge >= 0.3 is 0 Å². The van der Waals surface area contributed by atoms with Crippen molar-refractivity contribution in [3.63, 3.8) is 0 Å². The van der Waals surface area contributed by atoms with Crippen molar-refractivity contribution in [1.82, 2.24) is 14.9 Å². The monoisotopic (exact) mass is 300 g/mol. The molecule has 1 aliphatic rings. The Kier molecular flexibility index (Phi) is 5.86. The molecule has 0 aromatic heterocycles. The van der Waals surface area contributed by atoms with Crippen LogP contribution in [-0.4, -0.2) is 47.6 Å². The van der Waals surface area contributed by atoms with Gasteiger partial charge in [0, 0.05) is 6.08 Å². The van der Waals surface area contributed by atoms with Crippen molar-refractivity contribution in [1.29, 1.82) is 0 Å². The molecular weight excluding hydrogens is 284 g/mol. The molecule has 1 rings (SSSR count). The highest BCUT2D eigenvalue weighted by molar-refractivity contribution is 8.01. The van der Waals surface area contributed by atoms with Crippen molar-refractivity contribution in [3.05, 3.63) is 11.0 Å². The molecule has 0 aromatic carbocycles. The Bertz CT molecular complexity index is 477. The van der Waals surface area contributed by atoms with Gasteiger partial charge in [0.25, 0.3) is 23.5 Å². The number of likely N-dealkylation sites (N-methyl/N-ethyl adjacent to an activating group) is 1. The second kappa shape index (κ2) is 7.17. The number of rotatable bonds is 8. The fourth-order valence-electron chi connectivity index (χ4n) is 1.47. The number of nitrogens with zero attached hydrogens (tertiary/aromatic N) is 1. The Hall–Kier alpha value is -1.71. The molecule has 0 radical (unpaired) electrons. The minimum absolute atomic E-state index is 0.151. The molecule has 110 valence electrons. The van der Waals surface area contributed by atoms with Crippen LogP contribution in [0.3, 0.4) is 0 Å². The first-order valence-corrected chi connectivity index (χ1v) is 6.69. The van der Waals surface area contributed by atoms with E-state index in [2.05, 4.69) is 10.6 Å². The average Bonchev–Trinajstić information content (AvgIpc) is 2.67. The summed E-state index contributed by atoms with van der Waals surface area (Å²) in [7, 11) is 1.52. The summed E-state index contributed by atoms with van der Waals surface area (Å²) in [6.07, 6.45) is 0.930. The number of carbonyl (C=O) groups is 4. The Morgan fingerprint density at radius 1 is 1.50 bits per heavy atom. The molecular formula is C11H16N4O4S. The fourth-order valence-corrected chi connectivity index (χ4v) is 2.35. The number of hydrogen-bond donors (Lipinski definition) is 3. The van der Waals surface area contributed by atoms with E-state index in [-0.39, 0.29) is 4.91 Å². The van der Waals surface area contributed by atoms with Crippen LogP contribution in [0.5, 0.6) is 0 Å². The van der Waals surface area contributed by atoms with Crippen LogP contribution >= 0.6 is 11.9 Å². The zero-order chi connectivity index (χ0) is 15.3. The van der Waals surface area contributed by atoms with E-state index in [4.69, 9.17) is 5.73 Å². The minimum Gasteiger partial charge on any atom is -0.363 e. The van der Waals surface area contributed by atoms with E-state index in [9.17, 15) is 19.2 Å². The average molecular weight is 300 g/mol. The van der Waals surface area contributed by atoms with Crippen LogP contribution in [0.4, 0.5) is 0 Å². The van der Waals surface area contributed by atoms with Crippen LogP contribution in [0.15, 0.2) is 11.0 Å². The van der Waals surface area contributed by atoms with Crippen LogP contribution < -0.4 is 16.4 Å². The molecule has 0 bridgehead atoms. The van der Waals surface area contributed by atoms with E-state index < -0.39 is 29.7 Å². The van der Waals surface area contributed by atoms with Gasteiger partial charge in [0.05, 0.1) is 4.91 Å². The summed E-state index contributed by atoms with van der Waals surface area (Å²) in [5.74, 6) is -2.91. The first-order chi connectivity index (χ1) is 9.36. The molecule has 0 saturated heterocycles. The maximum absolute atomic E-state index is 11.7. The predicted octanol–water partition coefficient (Wildman–Crippen LogP) is -1.51. The highest BCUT2D eigenvalue weighted by Crippen LogP contribution is 2.23. The minimum atomic E-state index is -1.06. The predicted molar refractivity (Wildman–Crippen MR) is 72.9 cm³/mol. The van der Waals surface area contributed by atoms with Gasteiger partial charge in [-0.1, -0.05) is 6.92 Å². The number of imide groups is 1. The summed E-state index contributed by atoms with van der Waals surface area (Å²) in [6, 6.07) is 0. The van der Waals surface area contributed by atoms with Crippen LogP contribution in [-0.2, 0) is 19.2 Å². The molecule has 0 spiro atoms. The highest BCUT2D eigenvalue weighted by Gasteiger charge is 2.30. The molecule has 0 aromatic rings. The lowest BCUT2D eigenvalue weighted by Gasteiger charge is -2.25. The van der Waals surface area contributed by atoms with Gasteiger partial charge in [0.1, 0.15) is 6.17 Å². The lowest BCUT2D eigenvalue weighted by molar-refractivity contribution is -0.138. The van der Waals surface area contributed by atoms with E-state index in [1.54, 1.807) is 0 Å². The summed E-state index contributed by atoms with van der Waals surface area (Å²) in [5, 5.41) is 4.95. The lowest BCUT2D eigenvalue weighted by atomic mass is 10.3. The second-order valence-corrected chi connectivity index (χ2v) is 5.25. The summed E-state index contributed by atoms with van der Waals surface area (Å²) in [5.41, 5.74) is 4.99. The molecule has 20 heavy (non-hydrogen) atoms. The number of hydrogen-bond acceptors (Lipinski definition) is 7. The van der Waals surface area contributed by atoms with E-state index >= 15 is 0 Å². The zero-order valence-electron chi connectivity index (χ0n) is 11.1. The third-order valence-electron chi connectivity index (χ3n) is 2.41. The summed E-state index contributed by atoms with van der Waals surface area (Å²) in [6.45, 7) is 2.40. The molecule has 0 saturated carbocycles. The van der Waals surface area contributed by atoms with Gasteiger partial charge in [-0.05, 0) is 32.0 Å². The number of primary amides is 1. The molecule has 1 heterocycles. The van der Waals surface area contributed by atoms with E-state index in [1.165, 1.54) is 11.4 Å². The quantitative estimate of drug-likeness (QED) is 0.215. The highest BCUT2D eigenvalue weighted by atomic mass is 32.2. The van der Waals surface area contributed by atoms with Gasteiger partial charge in [-0.3, -0.25) is 29.8 Å². The first kappa shape index (κ1) is 16.3. The standard InChI is InChI=1S/C11H16N4O4S/c1-3-4-13-10(8(17)9(12)18)15(2)20-6-5-7(16)14-11(6)19/h5,10,13H,3-4H2,1-2H3,(H2,12,18)(H,14,16,19). The smallest absolute Gasteiger partial charge is 0.288 e. The van der Waals surface area contributed by atoms with E-state index in [1.807, 2.05) is 6.92 Å². The Labute approximate surface area is 120 Å². The van der Waals surface area contributed by atoms with Gasteiger partial charge in [0.2, 0.25) is 0 Å². The van der Waals surface area contributed by atoms with Crippen LogP contribution in [0.1, 0.15) is 13.3 Å². The van der Waals surface area contributed by atoms with Gasteiger partial charge in [-0.2, -0.15) is 0 Å². The number of carbonyl (C=O) groups excluding carboxylic acids is 4. The first-order valence-electron chi connectivity index (χ1n) is 5.91. The Morgan fingerprint density at radius 2 is 2.15 bits per heavy atom. The van der Waals surface area contributed by atoms with Crippen molar-refractivity contribution in [2.75, 3.05) is 13.6 Å². The molecule has 1 atom stereocenters. The van der Waals surface area contributed by atoms with Crippen molar-refractivity contribution < 1.29 is 19.2 Å². The molecule has 8 nitrogen and oxygen atoms in total. The second-order valence-electron chi connectivity index (χ2n) is 4.05. The molecule has 9 heteroatoms. The Morgan fingerprint density at radius 3 is 2.60 bits per heavy atom. The number of amides is 3. The Balaban J connectivity index is 2.77. The maximum Gasteiger partial charge on any atom is 0.288 e. The van der Waals surface area contributed by atoms with Crippen LogP contribution in [0.2, 0.25) is 0 Å². The summed E-state index contributed by atoms with van der Waals surface area (Å²) >= 11 is 0.894. The third kappa shape index (κ3) is 4.15. The number of Topliss-reactive ketones (excluding diaryl/α,β-unsaturated/α-hetero) is 1. The molecule has 0 aliphatic carbocycles. The van der Waals surface area contributed by atoms with Gasteiger partial charge in [-0.25, -0.2) is 4.31 Å². The van der Waals surface area contributed by atoms with Gasteiger partial charge < -0.3 is 5.73 Å². The topological polar surface area (TPSA) is 122 Å². The molecule has 3 amide bonds. The fraction of sp³-hybridized carbons (Fsp3) is 0.455. The number of nitrogens with two attached hydrogens (primary N) is 1. The SMILES string of the molecule is CCCNC(C(=O)C(N)=O)N(C)SC1=CC(=O)NC1=O. The maximum atomic E-state index is 11.7. The lowest BCUT2D eigenvalue weighted by Crippen LogP contribution is -2.51. The molecule has 1 aliphatic heterocycles. The molecule has 1 unspecified atom stereocenters. The van der Waals surface area contributed by atoms with E-state index in [0.717, 1.165) is 24.4 Å². The summed E-state index contributed by atoms with van der Waals surface area (Å²) in [4.78, 5) is 45.3. The third-order valence-corrected chi connectivity index (χ3v) is 3.41. The zero-order valence-corrected chi connectivity index (χ0v) is 12.0. The van der Waals surface area contributed by atoms with E-state index in [0.29, 0.717) is 6.54 Å². The van der Waals surface area contributed by atoms with Crippen molar-refractivity contribution in [3.8, 4) is 0 Å². The summed E-state index contributed by atoms with van der Waals surface area (Å²) < 4.78 is 1.38. The van der Waals surface area contributed by atoms with Crippen molar-refractivity contribution in [2.45, 2.75) is 19.5 Å². The molecule has 4 N–H and O–H groups in total. The van der Waals surface area contributed by atoms with Gasteiger partial charge in [0.15, 0.2) is 0 Å². The number of nitrogens with one attached hydrogen (secondary N) is 2. The number of ketones is 1. The van der Waals surface area contributed by atoms with Gasteiger partial charge in [-0.15, -0.1) is 0 Å². The normalized spacial score (nSPS) is 16.1. The largest absolute Gasteiger partial charge is 0.363 e. The van der Waals surface area contributed by atoms with Crippen LogP contribution in [0.25, 0.3) is 0 Å². The van der Waals surface area contributed by atoms with Crippen molar-refractivity contribution >= 4 is 35.5 Å². The van der Waals surface area contributed by atoms with Crippen molar-refractivity contribution in [2.24, 2.45) is 5.73 Å². The van der Waals surface area contributed by atoms with Crippen LogP contribution in [0, 0.1) is 0 Å².